The number of nitrogens with one attached hydrogen (secondary N) is 1. The summed E-state index contributed by atoms with van der Waals surface area (Å²) in [6.07, 6.45) is 2.40. The fraction of sp³-hybridized carbons (Fsp3) is 0.667. The molecule has 0 aliphatic carbocycles. The summed E-state index contributed by atoms with van der Waals surface area (Å²) in [6, 6.07) is 0. The number of aromatic nitrogens is 2. The lowest BCUT2D eigenvalue weighted by Gasteiger charge is -2.00. The van der Waals surface area contributed by atoms with Crippen molar-refractivity contribution in [2.75, 3.05) is 7.11 Å². The maximum atomic E-state index is 4.82. The molecule has 2 rings (SSSR count). The van der Waals surface area contributed by atoms with Crippen LogP contribution in [0.4, 0.5) is 0 Å². The molecule has 0 unspecified atom stereocenters. The van der Waals surface area contributed by atoms with E-state index in [0.717, 1.165) is 24.5 Å². The lowest BCUT2D eigenvalue weighted by molar-refractivity contribution is 0.0857. The number of hydrogen-bond acceptors (Lipinski definition) is 3. The normalized spacial score (nSPS) is 14.9. The summed E-state index contributed by atoms with van der Waals surface area (Å²) >= 11 is 0. The molecule has 0 fully saturated rings. The van der Waals surface area contributed by atoms with Gasteiger partial charge in [-0.2, -0.15) is 5.48 Å². The second-order valence-corrected chi connectivity index (χ2v) is 3.33. The van der Waals surface area contributed by atoms with Crippen LogP contribution in [0.15, 0.2) is 0 Å². The van der Waals surface area contributed by atoms with Gasteiger partial charge in [-0.25, -0.2) is 4.98 Å². The minimum atomic E-state index is 0.708. The minimum Gasteiger partial charge on any atom is -0.332 e. The van der Waals surface area contributed by atoms with Crippen LogP contribution in [0.1, 0.15) is 23.6 Å². The Kier molecular flexibility index (Phi) is 2.33. The van der Waals surface area contributed by atoms with E-state index >= 15 is 0 Å². The molecule has 0 bridgehead atoms. The molecule has 0 atom stereocenters. The van der Waals surface area contributed by atoms with E-state index in [1.54, 1.807) is 7.11 Å². The summed E-state index contributed by atoms with van der Waals surface area (Å²) in [5.41, 5.74) is 5.34. The summed E-state index contributed by atoms with van der Waals surface area (Å²) in [5.74, 6) is 1.13. The highest BCUT2D eigenvalue weighted by Gasteiger charge is 2.18. The zero-order chi connectivity index (χ0) is 9.26. The topological polar surface area (TPSA) is 39.1 Å². The summed E-state index contributed by atoms with van der Waals surface area (Å²) in [4.78, 5) is 9.31. The van der Waals surface area contributed by atoms with Gasteiger partial charge in [0, 0.05) is 12.2 Å². The van der Waals surface area contributed by atoms with Crippen molar-refractivity contribution in [3.63, 3.8) is 0 Å². The van der Waals surface area contributed by atoms with Gasteiger partial charge in [0.2, 0.25) is 0 Å². The van der Waals surface area contributed by atoms with Gasteiger partial charge in [-0.15, -0.1) is 0 Å². The average molecular weight is 181 g/mol. The van der Waals surface area contributed by atoms with Crippen LogP contribution in [0.2, 0.25) is 0 Å². The van der Waals surface area contributed by atoms with E-state index in [1.807, 2.05) is 0 Å². The van der Waals surface area contributed by atoms with E-state index in [2.05, 4.69) is 22.0 Å². The highest BCUT2D eigenvalue weighted by molar-refractivity contribution is 5.19. The highest BCUT2D eigenvalue weighted by Crippen LogP contribution is 2.20. The molecule has 0 spiro atoms. The number of rotatable bonds is 3. The Hall–Kier alpha value is -0.870. The Labute approximate surface area is 77.9 Å². The largest absolute Gasteiger partial charge is 0.332 e. The Bertz CT molecular complexity index is 306. The Morgan fingerprint density at radius 1 is 1.62 bits per heavy atom. The van der Waals surface area contributed by atoms with Gasteiger partial charge in [-0.05, 0) is 19.8 Å². The smallest absolute Gasteiger partial charge is 0.106 e. The van der Waals surface area contributed by atoms with Crippen LogP contribution in [0.25, 0.3) is 0 Å². The maximum Gasteiger partial charge on any atom is 0.106 e. The van der Waals surface area contributed by atoms with Crippen LogP contribution in [0, 0.1) is 6.92 Å². The molecular weight excluding hydrogens is 166 g/mol. The van der Waals surface area contributed by atoms with Crippen LogP contribution in [0.5, 0.6) is 0 Å². The van der Waals surface area contributed by atoms with Crippen LogP contribution in [-0.4, -0.2) is 16.7 Å². The van der Waals surface area contributed by atoms with Crippen LogP contribution < -0.4 is 5.48 Å². The van der Waals surface area contributed by atoms with Crippen molar-refractivity contribution in [3.8, 4) is 0 Å². The van der Waals surface area contributed by atoms with Gasteiger partial charge in [-0.1, -0.05) is 0 Å². The first-order valence-corrected chi connectivity index (χ1v) is 4.63. The van der Waals surface area contributed by atoms with Crippen molar-refractivity contribution in [1.29, 1.82) is 0 Å². The Balaban J connectivity index is 2.21. The summed E-state index contributed by atoms with van der Waals surface area (Å²) in [7, 11) is 1.63. The minimum absolute atomic E-state index is 0.708. The van der Waals surface area contributed by atoms with E-state index in [9.17, 15) is 0 Å². The number of imidazole rings is 1. The lowest BCUT2D eigenvalue weighted by Crippen LogP contribution is -2.12. The number of hydrogen-bond donors (Lipinski definition) is 1. The molecule has 72 valence electrons. The average Bonchev–Trinajstić information content (AvgIpc) is 2.67. The molecule has 0 radical (unpaired) electrons. The maximum absolute atomic E-state index is 4.82. The van der Waals surface area contributed by atoms with E-state index in [4.69, 9.17) is 4.84 Å². The fourth-order valence-electron chi connectivity index (χ4n) is 1.93. The number of hydroxylamine groups is 1. The van der Waals surface area contributed by atoms with Gasteiger partial charge < -0.3 is 9.40 Å². The van der Waals surface area contributed by atoms with E-state index in [-0.39, 0.29) is 0 Å². The quantitative estimate of drug-likeness (QED) is 0.701. The van der Waals surface area contributed by atoms with Crippen LogP contribution >= 0.6 is 0 Å². The van der Waals surface area contributed by atoms with Gasteiger partial charge in [0.1, 0.15) is 5.82 Å². The number of aryl methyl sites for hydroxylation is 1. The lowest BCUT2D eigenvalue weighted by atomic mass is 10.2. The molecule has 4 nitrogen and oxygen atoms in total. The van der Waals surface area contributed by atoms with Gasteiger partial charge in [-0.3, -0.25) is 0 Å². The third-order valence-electron chi connectivity index (χ3n) is 2.53. The monoisotopic (exact) mass is 181 g/mol. The first kappa shape index (κ1) is 8.72. The van der Waals surface area contributed by atoms with E-state index in [1.165, 1.54) is 12.1 Å². The standard InChI is InChI=1S/C9H15N3O/c1-7-11-8(6-10-13-2)9-4-3-5-12(7)9/h10H,3-6H2,1-2H3. The van der Waals surface area contributed by atoms with E-state index < -0.39 is 0 Å². The third kappa shape index (κ3) is 1.47. The molecule has 0 aromatic carbocycles. The molecule has 0 saturated heterocycles. The van der Waals surface area contributed by atoms with Crippen molar-refractivity contribution < 1.29 is 4.84 Å². The second kappa shape index (κ2) is 3.47. The van der Waals surface area contributed by atoms with Crippen LogP contribution in [-0.2, 0) is 24.3 Å². The van der Waals surface area contributed by atoms with Gasteiger partial charge in [0.15, 0.2) is 0 Å². The number of nitrogens with zero attached hydrogens (tertiary/aromatic N) is 2. The Morgan fingerprint density at radius 2 is 2.46 bits per heavy atom. The molecule has 0 saturated carbocycles. The molecular formula is C9H15N3O. The zero-order valence-electron chi connectivity index (χ0n) is 8.13. The first-order chi connectivity index (χ1) is 6.33. The zero-order valence-corrected chi connectivity index (χ0v) is 8.13. The summed E-state index contributed by atoms with van der Waals surface area (Å²) in [6.45, 7) is 3.89. The molecule has 4 heteroatoms. The highest BCUT2D eigenvalue weighted by atomic mass is 16.6. The molecule has 13 heavy (non-hydrogen) atoms. The molecule has 2 heterocycles. The van der Waals surface area contributed by atoms with Gasteiger partial charge in [0.25, 0.3) is 0 Å². The predicted molar refractivity (Wildman–Crippen MR) is 49.1 cm³/mol. The first-order valence-electron chi connectivity index (χ1n) is 4.63. The Morgan fingerprint density at radius 3 is 3.23 bits per heavy atom. The van der Waals surface area contributed by atoms with Crippen molar-refractivity contribution in [2.45, 2.75) is 32.9 Å². The van der Waals surface area contributed by atoms with E-state index in [0.29, 0.717) is 6.54 Å². The third-order valence-corrected chi connectivity index (χ3v) is 2.53. The molecule has 1 N–H and O–H groups in total. The van der Waals surface area contributed by atoms with Gasteiger partial charge in [0.05, 0.1) is 19.3 Å². The van der Waals surface area contributed by atoms with Gasteiger partial charge >= 0.3 is 0 Å². The summed E-state index contributed by atoms with van der Waals surface area (Å²) in [5, 5.41) is 0. The van der Waals surface area contributed by atoms with Crippen molar-refractivity contribution in [3.05, 3.63) is 17.2 Å². The molecule has 1 aliphatic heterocycles. The molecule has 1 aliphatic rings. The number of fused-ring (bicyclic) bond motifs is 1. The van der Waals surface area contributed by atoms with Crippen LogP contribution in [0.3, 0.4) is 0 Å². The fourth-order valence-corrected chi connectivity index (χ4v) is 1.93. The second-order valence-electron chi connectivity index (χ2n) is 3.33. The van der Waals surface area contributed by atoms with Crippen molar-refractivity contribution in [2.24, 2.45) is 0 Å². The van der Waals surface area contributed by atoms with Crippen molar-refractivity contribution >= 4 is 0 Å². The molecule has 0 amide bonds. The summed E-state index contributed by atoms with van der Waals surface area (Å²) < 4.78 is 2.30. The SMILES string of the molecule is CONCc1nc(C)n2c1CCC2. The predicted octanol–water partition coefficient (Wildman–Crippen LogP) is 0.789. The van der Waals surface area contributed by atoms with Crippen molar-refractivity contribution in [1.82, 2.24) is 15.0 Å². The molecule has 1 aromatic heterocycles. The molecule has 1 aromatic rings.